The van der Waals surface area contributed by atoms with E-state index >= 15 is 4.79 Å². The summed E-state index contributed by atoms with van der Waals surface area (Å²) in [4.78, 5) is 31.4. The average Bonchev–Trinajstić information content (AvgIpc) is 3.82. The lowest BCUT2D eigenvalue weighted by atomic mass is 9.76. The van der Waals surface area contributed by atoms with Crippen LogP contribution < -0.4 is 5.32 Å². The van der Waals surface area contributed by atoms with Crippen LogP contribution in [0, 0.1) is 0 Å². The fraction of sp³-hybridized carbons (Fsp3) is 0.170. The summed E-state index contributed by atoms with van der Waals surface area (Å²) in [7, 11) is 0. The maximum atomic E-state index is 15.7. The summed E-state index contributed by atoms with van der Waals surface area (Å²) in [5, 5.41) is 4.07. The van der Waals surface area contributed by atoms with E-state index in [1.54, 1.807) is 16.7 Å². The largest absolute Gasteiger partial charge is 0.459 e. The predicted octanol–water partition coefficient (Wildman–Crippen LogP) is 10.4. The van der Waals surface area contributed by atoms with Crippen molar-refractivity contribution >= 4 is 23.6 Å². The maximum Gasteiger partial charge on any atom is 0.329 e. The molecular formula is C53H48N2O3S. The zero-order chi connectivity index (χ0) is 40.3. The minimum atomic E-state index is -0.942. The van der Waals surface area contributed by atoms with E-state index in [1.807, 2.05) is 103 Å². The van der Waals surface area contributed by atoms with Gasteiger partial charge in [0.05, 0.1) is 16.3 Å². The summed E-state index contributed by atoms with van der Waals surface area (Å²) in [5.41, 5.74) is 6.29. The number of amides is 1. The van der Waals surface area contributed by atoms with Crippen molar-refractivity contribution < 1.29 is 14.3 Å². The number of hydrogen-bond donors (Lipinski definition) is 1. The molecule has 294 valence electrons. The van der Waals surface area contributed by atoms with Gasteiger partial charge < -0.3 is 9.64 Å². The van der Waals surface area contributed by atoms with E-state index in [0.29, 0.717) is 25.1 Å². The van der Waals surface area contributed by atoms with Crippen molar-refractivity contribution in [2.75, 3.05) is 12.3 Å². The van der Waals surface area contributed by atoms with Gasteiger partial charge in [0.1, 0.15) is 12.6 Å². The highest BCUT2D eigenvalue weighted by atomic mass is 32.2. The molecule has 0 aliphatic carbocycles. The topological polar surface area (TPSA) is 58.6 Å². The first-order chi connectivity index (χ1) is 29.1. The van der Waals surface area contributed by atoms with E-state index in [0.717, 1.165) is 38.9 Å². The molecule has 1 aliphatic heterocycles. The van der Waals surface area contributed by atoms with E-state index in [9.17, 15) is 4.79 Å². The molecule has 5 nitrogen and oxygen atoms in total. The molecule has 1 N–H and O–H groups in total. The van der Waals surface area contributed by atoms with Crippen molar-refractivity contribution in [2.45, 2.75) is 41.8 Å². The van der Waals surface area contributed by atoms with Crippen molar-refractivity contribution in [3.8, 4) is 0 Å². The third-order valence-electron chi connectivity index (χ3n) is 11.3. The van der Waals surface area contributed by atoms with Crippen molar-refractivity contribution in [3.05, 3.63) is 251 Å². The van der Waals surface area contributed by atoms with Gasteiger partial charge in [0.2, 0.25) is 5.91 Å². The zero-order valence-electron chi connectivity index (χ0n) is 33.0. The number of carbonyl (C=O) groups is 2. The van der Waals surface area contributed by atoms with Crippen LogP contribution in [0.1, 0.15) is 51.8 Å². The third kappa shape index (κ3) is 8.38. The number of benzene rings is 7. The Hall–Kier alpha value is -6.21. The van der Waals surface area contributed by atoms with Gasteiger partial charge in [-0.2, -0.15) is 0 Å². The molecular weight excluding hydrogens is 745 g/mol. The zero-order valence-corrected chi connectivity index (χ0v) is 33.8. The molecule has 8 rings (SSSR count). The highest BCUT2D eigenvalue weighted by Gasteiger charge is 2.46. The Balaban J connectivity index is 1.26. The van der Waals surface area contributed by atoms with Gasteiger partial charge in [0.15, 0.2) is 0 Å². The Morgan fingerprint density at radius 1 is 0.559 bits per heavy atom. The highest BCUT2D eigenvalue weighted by molar-refractivity contribution is 8.00. The van der Waals surface area contributed by atoms with Crippen LogP contribution in [0.4, 0.5) is 0 Å². The van der Waals surface area contributed by atoms with Gasteiger partial charge in [-0.05, 0) is 51.8 Å². The van der Waals surface area contributed by atoms with E-state index in [1.165, 1.54) is 0 Å². The second-order valence-electron chi connectivity index (χ2n) is 14.9. The quantitative estimate of drug-likeness (QED) is 0.0828. The van der Waals surface area contributed by atoms with Gasteiger partial charge in [-0.25, -0.2) is 4.79 Å². The normalized spacial score (nSPS) is 14.7. The van der Waals surface area contributed by atoms with E-state index in [4.69, 9.17) is 4.74 Å². The molecule has 7 aromatic rings. The molecule has 7 aromatic carbocycles. The second kappa shape index (κ2) is 18.6. The van der Waals surface area contributed by atoms with Gasteiger partial charge in [-0.3, -0.25) is 10.1 Å². The molecule has 1 fully saturated rings. The summed E-state index contributed by atoms with van der Waals surface area (Å²) < 4.78 is 5.23. The third-order valence-corrected chi connectivity index (χ3v) is 13.0. The van der Waals surface area contributed by atoms with Gasteiger partial charge in [0.25, 0.3) is 0 Å². The van der Waals surface area contributed by atoms with Gasteiger partial charge in [-0.15, -0.1) is 11.8 Å². The average molecular weight is 793 g/mol. The van der Waals surface area contributed by atoms with Gasteiger partial charge >= 0.3 is 5.97 Å². The van der Waals surface area contributed by atoms with Crippen molar-refractivity contribution in [2.24, 2.45) is 0 Å². The molecule has 59 heavy (non-hydrogen) atoms. The Kier molecular flexibility index (Phi) is 12.5. The minimum Gasteiger partial charge on any atom is -0.459 e. The molecule has 6 heteroatoms. The molecule has 1 amide bonds. The number of hydrogen-bond acceptors (Lipinski definition) is 5. The van der Waals surface area contributed by atoms with Crippen molar-refractivity contribution in [1.82, 2.24) is 10.2 Å². The molecule has 2 atom stereocenters. The van der Waals surface area contributed by atoms with E-state index < -0.39 is 22.4 Å². The molecule has 1 heterocycles. The number of nitrogens with zero attached hydrogens (tertiary/aromatic N) is 1. The number of likely N-dealkylation sites (tertiary alicyclic amines) is 1. The molecule has 0 saturated carbocycles. The number of thioether (sulfide) groups is 1. The van der Waals surface area contributed by atoms with Gasteiger partial charge in [-0.1, -0.05) is 212 Å². The van der Waals surface area contributed by atoms with Crippen LogP contribution in [0.5, 0.6) is 0 Å². The number of esters is 1. The van der Waals surface area contributed by atoms with Crippen LogP contribution >= 0.6 is 11.8 Å². The summed E-state index contributed by atoms with van der Waals surface area (Å²) in [5.74, 6) is -0.140. The predicted molar refractivity (Wildman–Crippen MR) is 239 cm³/mol. The van der Waals surface area contributed by atoms with Crippen LogP contribution in [0.15, 0.2) is 212 Å². The van der Waals surface area contributed by atoms with Crippen molar-refractivity contribution in [1.29, 1.82) is 0 Å². The SMILES string of the molecule is O=C(OCc1ccccc1)C1CCCN1C(=O)C(CSC(c1ccccc1)(c1ccccc1)c1ccccc1)NC(c1ccccc1)(c1ccccc1)c1ccccc1. The summed E-state index contributed by atoms with van der Waals surface area (Å²) in [6, 6.07) is 71.1. The standard InChI is InChI=1S/C53H48N2O3S/c56-50(55-38-22-37-49(55)51(57)58-39-41-23-8-1-9-24-41)48(54-52(42-25-10-2-11-26-42,43-27-12-3-13-28-43)44-29-14-4-15-30-44)40-59-53(45-31-16-5-17-32-45,46-33-18-6-19-34-46)47-35-20-7-21-36-47/h1-21,23-36,48-49,54H,22,37-40H2. The fourth-order valence-corrected chi connectivity index (χ4v) is 10.1. The number of carbonyl (C=O) groups excluding carboxylic acids is 2. The van der Waals surface area contributed by atoms with Crippen LogP contribution in [-0.4, -0.2) is 41.2 Å². The molecule has 0 radical (unpaired) electrons. The smallest absolute Gasteiger partial charge is 0.329 e. The van der Waals surface area contributed by atoms with Crippen LogP contribution in [0.25, 0.3) is 0 Å². The summed E-state index contributed by atoms with van der Waals surface area (Å²) >= 11 is 1.74. The van der Waals surface area contributed by atoms with Gasteiger partial charge in [0, 0.05) is 12.3 Å². The maximum absolute atomic E-state index is 15.7. The second-order valence-corrected chi connectivity index (χ2v) is 16.2. The van der Waals surface area contributed by atoms with Crippen LogP contribution in [-0.2, 0) is 31.2 Å². The Morgan fingerprint density at radius 3 is 1.34 bits per heavy atom. The Labute approximate surface area is 352 Å². The summed E-state index contributed by atoms with van der Waals surface area (Å²) in [6.45, 7) is 0.617. The molecule has 1 aliphatic rings. The van der Waals surface area contributed by atoms with Crippen LogP contribution in [0.3, 0.4) is 0 Å². The van der Waals surface area contributed by atoms with E-state index in [-0.39, 0.29) is 18.5 Å². The van der Waals surface area contributed by atoms with Crippen molar-refractivity contribution in [3.63, 3.8) is 0 Å². The fourth-order valence-electron chi connectivity index (χ4n) is 8.53. The lowest BCUT2D eigenvalue weighted by Crippen LogP contribution is -2.58. The minimum absolute atomic E-state index is 0.132. The molecule has 2 unspecified atom stereocenters. The monoisotopic (exact) mass is 792 g/mol. The first-order valence-electron chi connectivity index (χ1n) is 20.4. The lowest BCUT2D eigenvalue weighted by Gasteiger charge is -2.42. The molecule has 0 aromatic heterocycles. The van der Waals surface area contributed by atoms with Crippen LogP contribution in [0.2, 0.25) is 0 Å². The molecule has 0 spiro atoms. The highest BCUT2D eigenvalue weighted by Crippen LogP contribution is 2.49. The number of rotatable bonds is 15. The first-order valence-corrected chi connectivity index (χ1v) is 21.3. The molecule has 1 saturated heterocycles. The lowest BCUT2D eigenvalue weighted by molar-refractivity contribution is -0.155. The molecule has 0 bridgehead atoms. The van der Waals surface area contributed by atoms with E-state index in [2.05, 4.69) is 115 Å². The number of ether oxygens (including phenoxy) is 1. The number of nitrogens with one attached hydrogen (secondary N) is 1. The first kappa shape index (κ1) is 39.6. The Morgan fingerprint density at radius 2 is 0.932 bits per heavy atom. The summed E-state index contributed by atoms with van der Waals surface area (Å²) in [6.07, 6.45) is 1.25. The Bertz CT molecular complexity index is 2190.